The molecule has 1 aliphatic rings. The topological polar surface area (TPSA) is 47.0 Å². The van der Waals surface area contributed by atoms with Crippen LogP contribution in [0.25, 0.3) is 11.0 Å². The first-order valence-electron chi connectivity index (χ1n) is 5.98. The summed E-state index contributed by atoms with van der Waals surface area (Å²) in [4.78, 5) is 8.95. The number of fused-ring (bicyclic) bond motifs is 1. The summed E-state index contributed by atoms with van der Waals surface area (Å²) in [6.45, 7) is 1.66. The second-order valence-electron chi connectivity index (χ2n) is 4.27. The van der Waals surface area contributed by atoms with Crippen molar-refractivity contribution in [1.29, 1.82) is 0 Å². The average Bonchev–Trinajstić information content (AvgIpc) is 2.40. The quantitative estimate of drug-likeness (QED) is 0.857. The number of anilines is 1. The van der Waals surface area contributed by atoms with Crippen LogP contribution in [0.1, 0.15) is 12.8 Å². The molecule has 0 spiro atoms. The number of benzene rings is 1. The van der Waals surface area contributed by atoms with Crippen molar-refractivity contribution in [3.05, 3.63) is 30.5 Å². The minimum atomic E-state index is 0.458. The van der Waals surface area contributed by atoms with Crippen molar-refractivity contribution < 1.29 is 4.74 Å². The molecule has 4 nitrogen and oxygen atoms in total. The van der Waals surface area contributed by atoms with E-state index < -0.39 is 0 Å². The number of rotatable bonds is 2. The van der Waals surface area contributed by atoms with E-state index in [4.69, 9.17) is 4.74 Å². The molecule has 88 valence electrons. The number of hydrogen-bond acceptors (Lipinski definition) is 4. The summed E-state index contributed by atoms with van der Waals surface area (Å²) in [6.07, 6.45) is 3.88. The van der Waals surface area contributed by atoms with E-state index >= 15 is 0 Å². The maximum Gasteiger partial charge on any atom is 0.145 e. The third-order valence-corrected chi connectivity index (χ3v) is 3.02. The van der Waals surface area contributed by atoms with Crippen molar-refractivity contribution in [3.63, 3.8) is 0 Å². The Morgan fingerprint density at radius 1 is 1.12 bits per heavy atom. The normalized spacial score (nSPS) is 17.2. The molecule has 0 atom stereocenters. The Morgan fingerprint density at radius 2 is 1.88 bits per heavy atom. The summed E-state index contributed by atoms with van der Waals surface area (Å²) in [5, 5.41) is 3.42. The van der Waals surface area contributed by atoms with Crippen LogP contribution in [0.15, 0.2) is 30.5 Å². The number of nitrogens with one attached hydrogen (secondary N) is 1. The van der Waals surface area contributed by atoms with E-state index in [9.17, 15) is 0 Å². The van der Waals surface area contributed by atoms with E-state index in [1.807, 2.05) is 24.3 Å². The fourth-order valence-electron chi connectivity index (χ4n) is 2.08. The molecule has 3 rings (SSSR count). The van der Waals surface area contributed by atoms with Crippen molar-refractivity contribution in [3.8, 4) is 0 Å². The van der Waals surface area contributed by atoms with Crippen LogP contribution in [0.4, 0.5) is 5.82 Å². The van der Waals surface area contributed by atoms with Gasteiger partial charge in [0.2, 0.25) is 0 Å². The number of ether oxygens (including phenoxy) is 1. The summed E-state index contributed by atoms with van der Waals surface area (Å²) >= 11 is 0. The van der Waals surface area contributed by atoms with Gasteiger partial charge in [-0.05, 0) is 25.0 Å². The Balaban J connectivity index is 1.80. The van der Waals surface area contributed by atoms with Gasteiger partial charge < -0.3 is 10.1 Å². The second-order valence-corrected chi connectivity index (χ2v) is 4.27. The van der Waals surface area contributed by atoms with Gasteiger partial charge in [-0.2, -0.15) is 0 Å². The van der Waals surface area contributed by atoms with Gasteiger partial charge in [-0.3, -0.25) is 4.98 Å². The number of aromatic nitrogens is 2. The Labute approximate surface area is 100 Å². The van der Waals surface area contributed by atoms with Gasteiger partial charge in [0.05, 0.1) is 17.2 Å². The first-order chi connectivity index (χ1) is 8.42. The minimum absolute atomic E-state index is 0.458. The molecule has 1 N–H and O–H groups in total. The highest BCUT2D eigenvalue weighted by molar-refractivity contribution is 5.75. The molecule has 2 heterocycles. The molecule has 1 fully saturated rings. The van der Waals surface area contributed by atoms with Gasteiger partial charge in [-0.15, -0.1) is 0 Å². The lowest BCUT2D eigenvalue weighted by atomic mass is 10.1. The Kier molecular flexibility index (Phi) is 2.88. The molecular formula is C13H15N3O. The van der Waals surface area contributed by atoms with Crippen LogP contribution in [0.2, 0.25) is 0 Å². The number of para-hydroxylation sites is 2. The lowest BCUT2D eigenvalue weighted by Crippen LogP contribution is -2.28. The molecule has 0 bridgehead atoms. The molecule has 1 aromatic heterocycles. The van der Waals surface area contributed by atoms with Gasteiger partial charge in [0.15, 0.2) is 0 Å². The highest BCUT2D eigenvalue weighted by atomic mass is 16.5. The lowest BCUT2D eigenvalue weighted by molar-refractivity contribution is 0.0904. The molecular weight excluding hydrogens is 214 g/mol. The summed E-state index contributed by atoms with van der Waals surface area (Å²) in [7, 11) is 0. The fraction of sp³-hybridized carbons (Fsp3) is 0.385. The van der Waals surface area contributed by atoms with Crippen LogP contribution in [0, 0.1) is 0 Å². The van der Waals surface area contributed by atoms with Crippen LogP contribution in [-0.2, 0) is 4.74 Å². The van der Waals surface area contributed by atoms with Crippen molar-refractivity contribution in [2.75, 3.05) is 18.5 Å². The van der Waals surface area contributed by atoms with Crippen molar-refractivity contribution >= 4 is 16.9 Å². The maximum atomic E-state index is 5.33. The van der Waals surface area contributed by atoms with Crippen LogP contribution in [0.5, 0.6) is 0 Å². The zero-order valence-electron chi connectivity index (χ0n) is 9.60. The van der Waals surface area contributed by atoms with Crippen LogP contribution >= 0.6 is 0 Å². The lowest BCUT2D eigenvalue weighted by Gasteiger charge is -2.23. The van der Waals surface area contributed by atoms with E-state index in [2.05, 4.69) is 15.3 Å². The van der Waals surface area contributed by atoms with Crippen LogP contribution in [-0.4, -0.2) is 29.2 Å². The maximum absolute atomic E-state index is 5.33. The van der Waals surface area contributed by atoms with Gasteiger partial charge >= 0.3 is 0 Å². The SMILES string of the molecule is c1ccc2nc(NC3CCOCC3)cnc2c1. The monoisotopic (exact) mass is 229 g/mol. The smallest absolute Gasteiger partial charge is 0.145 e. The van der Waals surface area contributed by atoms with Gasteiger partial charge in [0.1, 0.15) is 5.82 Å². The standard InChI is InChI=1S/C13H15N3O/c1-2-4-12-11(3-1)14-9-13(16-12)15-10-5-7-17-8-6-10/h1-4,9-10H,5-8H2,(H,15,16). The van der Waals surface area contributed by atoms with Crippen molar-refractivity contribution in [1.82, 2.24) is 9.97 Å². The average molecular weight is 229 g/mol. The molecule has 17 heavy (non-hydrogen) atoms. The number of nitrogens with zero attached hydrogens (tertiary/aromatic N) is 2. The van der Waals surface area contributed by atoms with Gasteiger partial charge in [0.25, 0.3) is 0 Å². The molecule has 0 aliphatic carbocycles. The zero-order chi connectivity index (χ0) is 11.5. The first kappa shape index (κ1) is 10.5. The molecule has 4 heteroatoms. The van der Waals surface area contributed by atoms with E-state index in [1.165, 1.54) is 0 Å². The van der Waals surface area contributed by atoms with Crippen molar-refractivity contribution in [2.24, 2.45) is 0 Å². The molecule has 0 unspecified atom stereocenters. The molecule has 2 aromatic rings. The molecule has 1 aromatic carbocycles. The zero-order valence-corrected chi connectivity index (χ0v) is 9.60. The highest BCUT2D eigenvalue weighted by Crippen LogP contribution is 2.15. The van der Waals surface area contributed by atoms with Crippen LogP contribution in [0.3, 0.4) is 0 Å². The summed E-state index contributed by atoms with van der Waals surface area (Å²) in [5.74, 6) is 0.857. The molecule has 0 saturated carbocycles. The molecule has 1 saturated heterocycles. The Bertz CT molecular complexity index is 509. The second kappa shape index (κ2) is 4.67. The van der Waals surface area contributed by atoms with Gasteiger partial charge in [-0.25, -0.2) is 4.98 Å². The Morgan fingerprint density at radius 3 is 2.71 bits per heavy atom. The molecule has 1 aliphatic heterocycles. The fourth-order valence-corrected chi connectivity index (χ4v) is 2.08. The summed E-state index contributed by atoms with van der Waals surface area (Å²) < 4.78 is 5.33. The highest BCUT2D eigenvalue weighted by Gasteiger charge is 2.13. The third-order valence-electron chi connectivity index (χ3n) is 3.02. The summed E-state index contributed by atoms with van der Waals surface area (Å²) in [6, 6.07) is 8.37. The Hall–Kier alpha value is -1.68. The minimum Gasteiger partial charge on any atom is -0.381 e. The number of hydrogen-bond donors (Lipinski definition) is 1. The van der Waals surface area contributed by atoms with E-state index in [-0.39, 0.29) is 0 Å². The molecule has 0 amide bonds. The predicted octanol–water partition coefficient (Wildman–Crippen LogP) is 2.22. The first-order valence-corrected chi connectivity index (χ1v) is 5.98. The molecule has 0 radical (unpaired) electrons. The largest absolute Gasteiger partial charge is 0.381 e. The third kappa shape index (κ3) is 2.36. The van der Waals surface area contributed by atoms with Crippen LogP contribution < -0.4 is 5.32 Å². The summed E-state index contributed by atoms with van der Waals surface area (Å²) in [5.41, 5.74) is 1.87. The predicted molar refractivity (Wildman–Crippen MR) is 67.0 cm³/mol. The van der Waals surface area contributed by atoms with Crippen molar-refractivity contribution in [2.45, 2.75) is 18.9 Å². The van der Waals surface area contributed by atoms with Gasteiger partial charge in [-0.1, -0.05) is 12.1 Å². The van der Waals surface area contributed by atoms with Gasteiger partial charge in [0, 0.05) is 19.3 Å². The van der Waals surface area contributed by atoms with E-state index in [0.29, 0.717) is 6.04 Å². The van der Waals surface area contributed by atoms with E-state index in [1.54, 1.807) is 6.20 Å². The van der Waals surface area contributed by atoms with E-state index in [0.717, 1.165) is 42.9 Å².